The molecule has 0 aromatic carbocycles. The Kier molecular flexibility index (Phi) is 4.04. The van der Waals surface area contributed by atoms with Crippen LogP contribution in [0.1, 0.15) is 19.3 Å². The summed E-state index contributed by atoms with van der Waals surface area (Å²) in [6.07, 6.45) is -0.739. The Morgan fingerprint density at radius 1 is 1.31 bits per heavy atom. The fourth-order valence-electron chi connectivity index (χ4n) is 4.38. The van der Waals surface area contributed by atoms with Gasteiger partial charge in [0.05, 0.1) is 5.39 Å². The van der Waals surface area contributed by atoms with E-state index >= 15 is 0 Å². The van der Waals surface area contributed by atoms with Gasteiger partial charge in [-0.2, -0.15) is 13.2 Å². The van der Waals surface area contributed by atoms with Crippen molar-refractivity contribution in [1.82, 2.24) is 19.9 Å². The molecule has 1 amide bonds. The highest BCUT2D eigenvalue weighted by Gasteiger charge is 2.45. The zero-order chi connectivity index (χ0) is 18.5. The predicted molar refractivity (Wildman–Crippen MR) is 89.5 cm³/mol. The van der Waals surface area contributed by atoms with E-state index in [0.717, 1.165) is 29.7 Å². The SMILES string of the molecule is CN(c1ncnc2[nH]ccc12)C1CC2CN(C(=O)CC(F)(F)F)C[C@@H]2C1. The first kappa shape index (κ1) is 17.1. The van der Waals surface area contributed by atoms with Crippen molar-refractivity contribution in [3.8, 4) is 0 Å². The van der Waals surface area contributed by atoms with Crippen LogP contribution < -0.4 is 4.90 Å². The number of amides is 1. The van der Waals surface area contributed by atoms with Gasteiger partial charge in [-0.3, -0.25) is 4.79 Å². The number of likely N-dealkylation sites (tertiary alicyclic amines) is 1. The third-order valence-electron chi connectivity index (χ3n) is 5.65. The van der Waals surface area contributed by atoms with Crippen molar-refractivity contribution in [3.63, 3.8) is 0 Å². The summed E-state index contributed by atoms with van der Waals surface area (Å²) < 4.78 is 37.3. The molecule has 9 heteroatoms. The van der Waals surface area contributed by atoms with Gasteiger partial charge in [0, 0.05) is 32.4 Å². The molecule has 2 aliphatic rings. The number of alkyl halides is 3. The molecule has 4 rings (SSSR count). The van der Waals surface area contributed by atoms with E-state index in [2.05, 4.69) is 19.9 Å². The lowest BCUT2D eigenvalue weighted by Crippen LogP contribution is -2.36. The van der Waals surface area contributed by atoms with Crippen LogP contribution in [0, 0.1) is 11.8 Å². The maximum Gasteiger partial charge on any atom is 0.397 e. The van der Waals surface area contributed by atoms with E-state index in [1.54, 1.807) is 0 Å². The van der Waals surface area contributed by atoms with E-state index in [-0.39, 0.29) is 17.9 Å². The van der Waals surface area contributed by atoms with Gasteiger partial charge in [-0.05, 0) is 30.7 Å². The van der Waals surface area contributed by atoms with Gasteiger partial charge in [0.25, 0.3) is 0 Å². The number of nitrogens with zero attached hydrogens (tertiary/aromatic N) is 4. The lowest BCUT2D eigenvalue weighted by molar-refractivity contribution is -0.160. The lowest BCUT2D eigenvalue weighted by atomic mass is 10.0. The van der Waals surface area contributed by atoms with E-state index in [1.807, 2.05) is 19.3 Å². The van der Waals surface area contributed by atoms with Crippen molar-refractivity contribution in [2.75, 3.05) is 25.0 Å². The lowest BCUT2D eigenvalue weighted by Gasteiger charge is -2.28. The molecule has 1 saturated heterocycles. The molecule has 2 aromatic heterocycles. The summed E-state index contributed by atoms with van der Waals surface area (Å²) in [5, 5.41) is 0.953. The van der Waals surface area contributed by atoms with Crippen molar-refractivity contribution in [3.05, 3.63) is 18.6 Å². The normalized spacial score (nSPS) is 25.7. The molecule has 3 atom stereocenters. The molecule has 140 valence electrons. The van der Waals surface area contributed by atoms with Crippen LogP contribution in [0.4, 0.5) is 19.0 Å². The summed E-state index contributed by atoms with van der Waals surface area (Å²) in [5.41, 5.74) is 0.781. The smallest absolute Gasteiger partial charge is 0.356 e. The van der Waals surface area contributed by atoms with E-state index in [4.69, 9.17) is 0 Å². The van der Waals surface area contributed by atoms with Gasteiger partial charge in [0.1, 0.15) is 24.2 Å². The maximum atomic E-state index is 12.4. The van der Waals surface area contributed by atoms with Crippen molar-refractivity contribution in [2.24, 2.45) is 11.8 Å². The Hall–Kier alpha value is -2.32. The van der Waals surface area contributed by atoms with Crippen molar-refractivity contribution in [2.45, 2.75) is 31.5 Å². The third-order valence-corrected chi connectivity index (χ3v) is 5.65. The summed E-state index contributed by atoms with van der Waals surface area (Å²) in [7, 11) is 1.99. The van der Waals surface area contributed by atoms with Crippen LogP contribution in [0.2, 0.25) is 0 Å². The molecule has 3 heterocycles. The Balaban J connectivity index is 1.42. The monoisotopic (exact) mass is 367 g/mol. The highest BCUT2D eigenvalue weighted by Crippen LogP contribution is 2.41. The van der Waals surface area contributed by atoms with Crippen LogP contribution in [0.5, 0.6) is 0 Å². The van der Waals surface area contributed by atoms with Gasteiger partial charge in [-0.1, -0.05) is 0 Å². The van der Waals surface area contributed by atoms with Crippen molar-refractivity contribution < 1.29 is 18.0 Å². The van der Waals surface area contributed by atoms with Crippen LogP contribution in [0.3, 0.4) is 0 Å². The minimum absolute atomic E-state index is 0.253. The molecule has 26 heavy (non-hydrogen) atoms. The quantitative estimate of drug-likeness (QED) is 0.906. The molecule has 6 nitrogen and oxygen atoms in total. The van der Waals surface area contributed by atoms with Gasteiger partial charge < -0.3 is 14.8 Å². The minimum Gasteiger partial charge on any atom is -0.356 e. The molecule has 2 unspecified atom stereocenters. The Labute approximate surface area is 148 Å². The van der Waals surface area contributed by atoms with Crippen LogP contribution in [0.15, 0.2) is 18.6 Å². The van der Waals surface area contributed by atoms with Gasteiger partial charge in [-0.15, -0.1) is 0 Å². The van der Waals surface area contributed by atoms with E-state index < -0.39 is 18.5 Å². The largest absolute Gasteiger partial charge is 0.397 e. The average molecular weight is 367 g/mol. The topological polar surface area (TPSA) is 65.1 Å². The zero-order valence-corrected chi connectivity index (χ0v) is 14.3. The number of aromatic amines is 1. The first-order valence-corrected chi connectivity index (χ1v) is 8.67. The molecule has 2 fully saturated rings. The zero-order valence-electron chi connectivity index (χ0n) is 14.3. The highest BCUT2D eigenvalue weighted by atomic mass is 19.4. The molecular weight excluding hydrogens is 347 g/mol. The van der Waals surface area contributed by atoms with Gasteiger partial charge in [0.15, 0.2) is 0 Å². The first-order valence-electron chi connectivity index (χ1n) is 8.67. The third kappa shape index (κ3) is 3.10. The molecule has 1 aliphatic carbocycles. The number of hydrogen-bond acceptors (Lipinski definition) is 4. The second-order valence-electron chi connectivity index (χ2n) is 7.28. The fraction of sp³-hybridized carbons (Fsp3) is 0.588. The Morgan fingerprint density at radius 2 is 2.00 bits per heavy atom. The summed E-state index contributed by atoms with van der Waals surface area (Å²) >= 11 is 0. The standard InChI is InChI=1S/C17H20F3N5O/c1-24(16-13-2-3-21-15(13)22-9-23-16)12-4-10-7-25(8-11(10)5-12)14(26)6-17(18,19)20/h2-3,9-12H,4-8H2,1H3,(H,21,22,23)/t10-,11?,12?/m0/s1. The van der Waals surface area contributed by atoms with Gasteiger partial charge in [-0.25, -0.2) is 9.97 Å². The van der Waals surface area contributed by atoms with E-state index in [0.29, 0.717) is 13.1 Å². The number of fused-ring (bicyclic) bond motifs is 2. The number of H-pyrrole nitrogens is 1. The number of carbonyl (C=O) groups is 1. The molecular formula is C17H20F3N5O. The second kappa shape index (κ2) is 6.14. The number of hydrogen-bond donors (Lipinski definition) is 1. The number of halogens is 3. The molecule has 2 aromatic rings. The molecule has 0 radical (unpaired) electrons. The van der Waals surface area contributed by atoms with Gasteiger partial charge >= 0.3 is 6.18 Å². The van der Waals surface area contributed by atoms with Crippen LogP contribution in [-0.4, -0.2) is 58.1 Å². The summed E-state index contributed by atoms with van der Waals surface area (Å²) in [5.74, 6) is 0.555. The molecule has 1 N–H and O–H groups in total. The summed E-state index contributed by atoms with van der Waals surface area (Å²) in [6.45, 7) is 0.848. The molecule has 0 spiro atoms. The number of nitrogens with one attached hydrogen (secondary N) is 1. The van der Waals surface area contributed by atoms with E-state index in [9.17, 15) is 18.0 Å². The van der Waals surface area contributed by atoms with Crippen LogP contribution in [-0.2, 0) is 4.79 Å². The minimum atomic E-state index is -4.44. The number of carbonyl (C=O) groups excluding carboxylic acids is 1. The maximum absolute atomic E-state index is 12.4. The highest BCUT2D eigenvalue weighted by molar-refractivity contribution is 5.87. The van der Waals surface area contributed by atoms with Gasteiger partial charge in [0.2, 0.25) is 5.91 Å². The first-order chi connectivity index (χ1) is 12.3. The van der Waals surface area contributed by atoms with Crippen LogP contribution in [0.25, 0.3) is 11.0 Å². The molecule has 1 aliphatic heterocycles. The van der Waals surface area contributed by atoms with Crippen molar-refractivity contribution >= 4 is 22.8 Å². The number of rotatable bonds is 3. The van der Waals surface area contributed by atoms with Crippen LogP contribution >= 0.6 is 0 Å². The Morgan fingerprint density at radius 3 is 2.65 bits per heavy atom. The predicted octanol–water partition coefficient (Wildman–Crippen LogP) is 2.58. The fourth-order valence-corrected chi connectivity index (χ4v) is 4.38. The second-order valence-corrected chi connectivity index (χ2v) is 7.28. The average Bonchev–Trinajstić information content (AvgIpc) is 3.25. The van der Waals surface area contributed by atoms with Crippen molar-refractivity contribution in [1.29, 1.82) is 0 Å². The Bertz CT molecular complexity index is 806. The molecule has 0 bridgehead atoms. The summed E-state index contributed by atoms with van der Waals surface area (Å²) in [4.78, 5) is 27.0. The number of aromatic nitrogens is 3. The molecule has 1 saturated carbocycles. The summed E-state index contributed by atoms with van der Waals surface area (Å²) in [6, 6.07) is 2.20. The number of anilines is 1. The van der Waals surface area contributed by atoms with E-state index in [1.165, 1.54) is 11.2 Å².